The number of aldehydes is 1. The molecule has 0 saturated heterocycles. The predicted octanol–water partition coefficient (Wildman–Crippen LogP) is 1.64. The molecule has 5 heteroatoms. The fourth-order valence-corrected chi connectivity index (χ4v) is 1.32. The number of hydrogen-bond donors (Lipinski definition) is 1. The Labute approximate surface area is 102 Å². The van der Waals surface area contributed by atoms with Crippen LogP contribution in [0.15, 0.2) is 0 Å². The maximum Gasteiger partial charge on any atom is 0.306 e. The molecule has 0 radical (unpaired) electrons. The lowest BCUT2D eigenvalue weighted by Gasteiger charge is -2.28. The number of hydrogen-bond acceptors (Lipinski definition) is 4. The molecule has 0 aliphatic carbocycles. The topological polar surface area (TPSA) is 72.8 Å². The quantitative estimate of drug-likeness (QED) is 0.626. The maximum atomic E-state index is 10.6. The average molecular weight is 246 g/mol. The molecule has 0 aliphatic rings. The first-order chi connectivity index (χ1) is 7.68. The first-order valence-corrected chi connectivity index (χ1v) is 5.62. The lowest BCUT2D eigenvalue weighted by atomic mass is 10.0. The Morgan fingerprint density at radius 1 is 1.18 bits per heavy atom. The van der Waals surface area contributed by atoms with Gasteiger partial charge >= 0.3 is 5.97 Å². The maximum absolute atomic E-state index is 10.6. The third kappa shape index (κ3) is 8.83. The fourth-order valence-electron chi connectivity index (χ4n) is 1.32. The molecule has 0 aliphatic heterocycles. The van der Waals surface area contributed by atoms with Crippen LogP contribution in [0, 0.1) is 0 Å². The van der Waals surface area contributed by atoms with E-state index in [2.05, 4.69) is 0 Å². The van der Waals surface area contributed by atoms with Gasteiger partial charge in [0.25, 0.3) is 0 Å². The lowest BCUT2D eigenvalue weighted by molar-refractivity contribution is -0.145. The van der Waals surface area contributed by atoms with Gasteiger partial charge in [-0.05, 0) is 34.1 Å². The second kappa shape index (κ2) is 6.71. The smallest absolute Gasteiger partial charge is 0.306 e. The summed E-state index contributed by atoms with van der Waals surface area (Å²) in [6.45, 7) is 7.66. The van der Waals surface area contributed by atoms with Crippen LogP contribution in [-0.2, 0) is 19.1 Å². The molecular weight excluding hydrogens is 224 g/mol. The highest BCUT2D eigenvalue weighted by Crippen LogP contribution is 2.19. The van der Waals surface area contributed by atoms with Gasteiger partial charge < -0.3 is 19.4 Å². The summed E-state index contributed by atoms with van der Waals surface area (Å²) in [5, 5.41) is 8.68. The molecule has 100 valence electrons. The zero-order valence-corrected chi connectivity index (χ0v) is 11.0. The minimum Gasteiger partial charge on any atom is -0.481 e. The van der Waals surface area contributed by atoms with Crippen molar-refractivity contribution in [1.29, 1.82) is 0 Å². The van der Waals surface area contributed by atoms with Gasteiger partial charge in [0, 0.05) is 0 Å². The number of carbonyl (C=O) groups excluding carboxylic acids is 1. The van der Waals surface area contributed by atoms with Crippen LogP contribution in [0.5, 0.6) is 0 Å². The summed E-state index contributed by atoms with van der Waals surface area (Å²) in [6, 6.07) is 0. The zero-order valence-electron chi connectivity index (χ0n) is 11.0. The van der Waals surface area contributed by atoms with Crippen molar-refractivity contribution in [3.63, 3.8) is 0 Å². The van der Waals surface area contributed by atoms with Crippen LogP contribution >= 0.6 is 0 Å². The summed E-state index contributed by atoms with van der Waals surface area (Å²) in [7, 11) is 0. The summed E-state index contributed by atoms with van der Waals surface area (Å²) >= 11 is 0. The number of aliphatic carboxylic acids is 1. The standard InChI is InChI=1S/C12H22O5/c1-11(2,17-8-6-13)5-7-16-12(3,4)9-10(14)15/h6H,5,7-9H2,1-4H3,(H,14,15). The monoisotopic (exact) mass is 246 g/mol. The Bertz CT molecular complexity index is 258. The van der Waals surface area contributed by atoms with Crippen molar-refractivity contribution in [2.24, 2.45) is 0 Å². The van der Waals surface area contributed by atoms with Gasteiger partial charge in [-0.15, -0.1) is 0 Å². The number of carboxylic acid groups (broad SMARTS) is 1. The van der Waals surface area contributed by atoms with Crippen molar-refractivity contribution in [3.8, 4) is 0 Å². The highest BCUT2D eigenvalue weighted by Gasteiger charge is 2.24. The van der Waals surface area contributed by atoms with Crippen molar-refractivity contribution in [2.45, 2.75) is 51.7 Å². The molecule has 0 aromatic carbocycles. The fraction of sp³-hybridized carbons (Fsp3) is 0.833. The summed E-state index contributed by atoms with van der Waals surface area (Å²) in [4.78, 5) is 20.8. The predicted molar refractivity (Wildman–Crippen MR) is 63.0 cm³/mol. The van der Waals surface area contributed by atoms with E-state index < -0.39 is 17.2 Å². The average Bonchev–Trinajstić information content (AvgIpc) is 2.11. The Hall–Kier alpha value is -0.940. The molecule has 0 unspecified atom stereocenters. The van der Waals surface area contributed by atoms with Crippen molar-refractivity contribution >= 4 is 12.3 Å². The van der Waals surface area contributed by atoms with Gasteiger partial charge in [0.2, 0.25) is 0 Å². The molecule has 0 fully saturated rings. The summed E-state index contributed by atoms with van der Waals surface area (Å²) in [5.74, 6) is -0.883. The number of carboxylic acids is 1. The van der Waals surface area contributed by atoms with Crippen LogP contribution in [0.2, 0.25) is 0 Å². The van der Waals surface area contributed by atoms with E-state index in [0.717, 1.165) is 0 Å². The zero-order chi connectivity index (χ0) is 13.5. The largest absolute Gasteiger partial charge is 0.481 e. The van der Waals surface area contributed by atoms with Gasteiger partial charge in [-0.1, -0.05) is 0 Å². The van der Waals surface area contributed by atoms with E-state index in [4.69, 9.17) is 14.6 Å². The molecule has 17 heavy (non-hydrogen) atoms. The lowest BCUT2D eigenvalue weighted by Crippen LogP contribution is -2.32. The van der Waals surface area contributed by atoms with Gasteiger partial charge in [-0.3, -0.25) is 4.79 Å². The molecule has 5 nitrogen and oxygen atoms in total. The van der Waals surface area contributed by atoms with E-state index in [9.17, 15) is 9.59 Å². The summed E-state index contributed by atoms with van der Waals surface area (Å²) < 4.78 is 10.8. The van der Waals surface area contributed by atoms with Crippen molar-refractivity contribution in [2.75, 3.05) is 13.2 Å². The SMILES string of the molecule is CC(C)(CCOC(C)(C)CC(=O)O)OCC=O. The molecule has 0 atom stereocenters. The van der Waals surface area contributed by atoms with Crippen LogP contribution in [0.1, 0.15) is 40.5 Å². The molecule has 0 aromatic rings. The van der Waals surface area contributed by atoms with Crippen molar-refractivity contribution < 1.29 is 24.2 Å². The summed E-state index contributed by atoms with van der Waals surface area (Å²) in [6.07, 6.45) is 1.27. The molecule has 0 amide bonds. The molecule has 0 spiro atoms. The molecule has 0 heterocycles. The second-order valence-electron chi connectivity index (χ2n) is 5.17. The first-order valence-electron chi connectivity index (χ1n) is 5.62. The molecule has 0 rings (SSSR count). The Morgan fingerprint density at radius 3 is 2.24 bits per heavy atom. The van der Waals surface area contributed by atoms with Crippen LogP contribution in [-0.4, -0.2) is 41.8 Å². The van der Waals surface area contributed by atoms with Crippen LogP contribution in [0.25, 0.3) is 0 Å². The van der Waals surface area contributed by atoms with Gasteiger partial charge in [-0.25, -0.2) is 0 Å². The third-order valence-corrected chi connectivity index (χ3v) is 2.32. The Kier molecular flexibility index (Phi) is 6.34. The molecule has 0 saturated carbocycles. The normalized spacial score (nSPS) is 12.5. The van der Waals surface area contributed by atoms with E-state index in [1.807, 2.05) is 13.8 Å². The van der Waals surface area contributed by atoms with Gasteiger partial charge in [0.1, 0.15) is 12.9 Å². The highest BCUT2D eigenvalue weighted by atomic mass is 16.5. The van der Waals surface area contributed by atoms with Crippen LogP contribution in [0.3, 0.4) is 0 Å². The van der Waals surface area contributed by atoms with Crippen LogP contribution in [0.4, 0.5) is 0 Å². The molecule has 0 bridgehead atoms. The molecule has 1 N–H and O–H groups in total. The third-order valence-electron chi connectivity index (χ3n) is 2.32. The van der Waals surface area contributed by atoms with Crippen molar-refractivity contribution in [3.05, 3.63) is 0 Å². The van der Waals surface area contributed by atoms with Crippen LogP contribution < -0.4 is 0 Å². The molecular formula is C12H22O5. The minimum absolute atomic E-state index is 0.0391. The second-order valence-corrected chi connectivity index (χ2v) is 5.17. The first kappa shape index (κ1) is 16.1. The van der Waals surface area contributed by atoms with E-state index >= 15 is 0 Å². The van der Waals surface area contributed by atoms with Gasteiger partial charge in [-0.2, -0.15) is 0 Å². The Balaban J connectivity index is 3.96. The molecule has 0 aromatic heterocycles. The Morgan fingerprint density at radius 2 is 1.76 bits per heavy atom. The van der Waals surface area contributed by atoms with E-state index in [-0.39, 0.29) is 13.0 Å². The number of carbonyl (C=O) groups is 2. The highest BCUT2D eigenvalue weighted by molar-refractivity contribution is 5.67. The summed E-state index contributed by atoms with van der Waals surface area (Å²) in [5.41, 5.74) is -1.13. The van der Waals surface area contributed by atoms with Gasteiger partial charge in [0.15, 0.2) is 0 Å². The number of rotatable bonds is 9. The van der Waals surface area contributed by atoms with E-state index in [0.29, 0.717) is 19.3 Å². The minimum atomic E-state index is -0.883. The van der Waals surface area contributed by atoms with Crippen molar-refractivity contribution in [1.82, 2.24) is 0 Å². The van der Waals surface area contributed by atoms with Gasteiger partial charge in [0.05, 0.1) is 24.2 Å². The number of ether oxygens (including phenoxy) is 2. The van der Waals surface area contributed by atoms with E-state index in [1.54, 1.807) is 13.8 Å². The van der Waals surface area contributed by atoms with E-state index in [1.165, 1.54) is 0 Å².